The first-order valence-electron chi connectivity index (χ1n) is 9.40. The Kier molecular flexibility index (Phi) is 6.22. The van der Waals surface area contributed by atoms with Crippen molar-refractivity contribution in [3.8, 4) is 5.75 Å². The van der Waals surface area contributed by atoms with Gasteiger partial charge in [-0.15, -0.1) is 0 Å². The number of carboxylic acids is 1. The SMILES string of the molecule is Cc1c(CC(=O)NC(C)(C)C(=O)O)c2c(F)c(O)ccc2n1C(=O)c1ccc(Cl)c(Cl)c1. The highest BCUT2D eigenvalue weighted by Crippen LogP contribution is 2.34. The number of aromatic nitrogens is 1. The molecule has 0 saturated heterocycles. The third kappa shape index (κ3) is 4.16. The fourth-order valence-electron chi connectivity index (χ4n) is 3.37. The zero-order valence-corrected chi connectivity index (χ0v) is 18.8. The van der Waals surface area contributed by atoms with E-state index in [4.69, 9.17) is 23.2 Å². The number of nitrogens with zero attached hydrogens (tertiary/aromatic N) is 1. The van der Waals surface area contributed by atoms with Crippen molar-refractivity contribution in [3.63, 3.8) is 0 Å². The molecule has 10 heteroatoms. The number of nitrogens with one attached hydrogen (secondary N) is 1. The van der Waals surface area contributed by atoms with Crippen LogP contribution in [0.3, 0.4) is 0 Å². The molecule has 2 aromatic carbocycles. The minimum Gasteiger partial charge on any atom is -0.505 e. The second kappa shape index (κ2) is 8.44. The van der Waals surface area contributed by atoms with Gasteiger partial charge in [0.25, 0.3) is 5.91 Å². The Balaban J connectivity index is 2.16. The number of rotatable bonds is 5. The molecule has 0 aliphatic heterocycles. The second-order valence-corrected chi connectivity index (χ2v) is 8.60. The maximum atomic E-state index is 14.9. The zero-order chi connectivity index (χ0) is 24.0. The summed E-state index contributed by atoms with van der Waals surface area (Å²) in [6.07, 6.45) is -0.416. The Morgan fingerprint density at radius 3 is 2.38 bits per heavy atom. The van der Waals surface area contributed by atoms with E-state index in [1.54, 1.807) is 0 Å². The molecule has 0 saturated carbocycles. The molecular formula is C22H19Cl2FN2O5. The maximum absolute atomic E-state index is 14.9. The van der Waals surface area contributed by atoms with E-state index < -0.39 is 41.3 Å². The number of aromatic hydroxyl groups is 1. The Bertz CT molecular complexity index is 1280. The van der Waals surface area contributed by atoms with Crippen LogP contribution in [0, 0.1) is 12.7 Å². The smallest absolute Gasteiger partial charge is 0.328 e. The molecule has 168 valence electrons. The summed E-state index contributed by atoms with van der Waals surface area (Å²) in [7, 11) is 0. The van der Waals surface area contributed by atoms with E-state index in [1.807, 2.05) is 0 Å². The third-order valence-corrected chi connectivity index (χ3v) is 5.85. The topological polar surface area (TPSA) is 109 Å². The molecule has 3 N–H and O–H groups in total. The lowest BCUT2D eigenvalue weighted by Crippen LogP contribution is -2.50. The fourth-order valence-corrected chi connectivity index (χ4v) is 3.67. The molecule has 0 fully saturated rings. The quantitative estimate of drug-likeness (QED) is 0.503. The van der Waals surface area contributed by atoms with Crippen LogP contribution >= 0.6 is 23.2 Å². The van der Waals surface area contributed by atoms with Crippen LogP contribution in [0.2, 0.25) is 10.0 Å². The predicted molar refractivity (Wildman–Crippen MR) is 118 cm³/mol. The van der Waals surface area contributed by atoms with Crippen molar-refractivity contribution in [2.24, 2.45) is 0 Å². The number of phenolic OH excluding ortho intramolecular Hbond substituents is 1. The van der Waals surface area contributed by atoms with Gasteiger partial charge in [-0.05, 0) is 56.7 Å². The van der Waals surface area contributed by atoms with Crippen LogP contribution in [0.5, 0.6) is 5.75 Å². The normalized spacial score (nSPS) is 11.6. The molecule has 0 atom stereocenters. The zero-order valence-electron chi connectivity index (χ0n) is 17.3. The molecule has 7 nitrogen and oxygen atoms in total. The van der Waals surface area contributed by atoms with Gasteiger partial charge in [0.05, 0.1) is 22.0 Å². The van der Waals surface area contributed by atoms with Gasteiger partial charge in [-0.1, -0.05) is 23.2 Å². The Morgan fingerprint density at radius 1 is 1.12 bits per heavy atom. The minimum absolute atomic E-state index is 0.112. The first-order chi connectivity index (χ1) is 14.8. The molecule has 0 spiro atoms. The van der Waals surface area contributed by atoms with Crippen molar-refractivity contribution < 1.29 is 29.0 Å². The standard InChI is InChI=1S/C22H19Cl2FN2O5/c1-10-12(9-17(29)26-22(2,3)21(31)32)18-15(6-7-16(28)19(18)25)27(10)20(30)11-4-5-13(23)14(24)8-11/h4-8,28H,9H2,1-3H3,(H,26,29)(H,31,32). The van der Waals surface area contributed by atoms with Crippen molar-refractivity contribution in [2.45, 2.75) is 32.7 Å². The number of phenols is 1. The largest absolute Gasteiger partial charge is 0.505 e. The van der Waals surface area contributed by atoms with Crippen molar-refractivity contribution in [3.05, 3.63) is 63.0 Å². The summed E-state index contributed by atoms with van der Waals surface area (Å²) in [6, 6.07) is 6.75. The Labute approximate surface area is 192 Å². The number of hydrogen-bond donors (Lipinski definition) is 3. The minimum atomic E-state index is -1.56. The molecule has 3 rings (SSSR count). The van der Waals surface area contributed by atoms with Crippen LogP contribution < -0.4 is 5.32 Å². The Hall–Kier alpha value is -3.10. The molecule has 0 radical (unpaired) electrons. The summed E-state index contributed by atoms with van der Waals surface area (Å²) in [4.78, 5) is 37.1. The number of benzene rings is 2. The highest BCUT2D eigenvalue weighted by atomic mass is 35.5. The van der Waals surface area contributed by atoms with Crippen LogP contribution in [0.1, 0.15) is 35.5 Å². The highest BCUT2D eigenvalue weighted by molar-refractivity contribution is 6.42. The predicted octanol–water partition coefficient (Wildman–Crippen LogP) is 4.31. The van der Waals surface area contributed by atoms with Crippen molar-refractivity contribution in [1.29, 1.82) is 0 Å². The molecule has 0 aliphatic rings. The van der Waals surface area contributed by atoms with E-state index in [0.29, 0.717) is 0 Å². The van der Waals surface area contributed by atoms with Gasteiger partial charge in [0, 0.05) is 16.6 Å². The molecular weight excluding hydrogens is 462 g/mol. The van der Waals surface area contributed by atoms with E-state index in [9.17, 15) is 29.0 Å². The molecule has 1 amide bonds. The Morgan fingerprint density at radius 2 is 1.78 bits per heavy atom. The first-order valence-corrected chi connectivity index (χ1v) is 10.2. The molecule has 3 aromatic rings. The van der Waals surface area contributed by atoms with Gasteiger partial charge >= 0.3 is 5.97 Å². The number of fused-ring (bicyclic) bond motifs is 1. The molecule has 0 unspecified atom stereocenters. The average Bonchev–Trinajstić information content (AvgIpc) is 2.97. The summed E-state index contributed by atoms with van der Waals surface area (Å²) < 4.78 is 16.1. The van der Waals surface area contributed by atoms with Crippen LogP contribution in [0.25, 0.3) is 10.9 Å². The van der Waals surface area contributed by atoms with Gasteiger partial charge in [0.15, 0.2) is 11.6 Å². The number of carbonyl (C=O) groups is 3. The lowest BCUT2D eigenvalue weighted by atomic mass is 10.0. The maximum Gasteiger partial charge on any atom is 0.328 e. The van der Waals surface area contributed by atoms with E-state index >= 15 is 0 Å². The average molecular weight is 481 g/mol. The van der Waals surface area contributed by atoms with Gasteiger partial charge in [-0.3, -0.25) is 14.2 Å². The number of halogens is 3. The van der Waals surface area contributed by atoms with Crippen molar-refractivity contribution in [1.82, 2.24) is 9.88 Å². The summed E-state index contributed by atoms with van der Waals surface area (Å²) >= 11 is 11.9. The summed E-state index contributed by atoms with van der Waals surface area (Å²) in [6.45, 7) is 4.14. The highest BCUT2D eigenvalue weighted by Gasteiger charge is 2.31. The van der Waals surface area contributed by atoms with Crippen LogP contribution in [0.4, 0.5) is 4.39 Å². The number of carboxylic acid groups (broad SMARTS) is 1. The second-order valence-electron chi connectivity index (χ2n) is 7.78. The molecule has 32 heavy (non-hydrogen) atoms. The summed E-state index contributed by atoms with van der Waals surface area (Å²) in [5.41, 5.74) is -0.852. The van der Waals surface area contributed by atoms with E-state index in [-0.39, 0.29) is 37.8 Å². The van der Waals surface area contributed by atoms with Crippen LogP contribution in [0.15, 0.2) is 30.3 Å². The summed E-state index contributed by atoms with van der Waals surface area (Å²) in [5.74, 6) is -4.13. The number of aliphatic carboxylic acids is 1. The van der Waals surface area contributed by atoms with Crippen LogP contribution in [-0.4, -0.2) is 38.1 Å². The molecule has 0 aliphatic carbocycles. The number of hydrogen-bond acceptors (Lipinski definition) is 4. The first kappa shape index (κ1) is 23.6. The van der Waals surface area contributed by atoms with Crippen molar-refractivity contribution in [2.75, 3.05) is 0 Å². The lowest BCUT2D eigenvalue weighted by Gasteiger charge is -2.21. The van der Waals surface area contributed by atoms with Gasteiger partial charge < -0.3 is 15.5 Å². The van der Waals surface area contributed by atoms with Gasteiger partial charge in [0.2, 0.25) is 5.91 Å². The van der Waals surface area contributed by atoms with E-state index in [0.717, 1.165) is 6.07 Å². The van der Waals surface area contributed by atoms with Gasteiger partial charge in [-0.2, -0.15) is 0 Å². The summed E-state index contributed by atoms with van der Waals surface area (Å²) in [5, 5.41) is 21.8. The number of amides is 1. The van der Waals surface area contributed by atoms with E-state index in [1.165, 1.54) is 49.6 Å². The number of carbonyl (C=O) groups excluding carboxylic acids is 2. The van der Waals surface area contributed by atoms with Gasteiger partial charge in [0.1, 0.15) is 5.54 Å². The lowest BCUT2D eigenvalue weighted by molar-refractivity contribution is -0.145. The van der Waals surface area contributed by atoms with Crippen LogP contribution in [-0.2, 0) is 16.0 Å². The molecule has 1 aromatic heterocycles. The van der Waals surface area contributed by atoms with Crippen molar-refractivity contribution >= 4 is 51.9 Å². The fraction of sp³-hybridized carbons (Fsp3) is 0.227. The monoisotopic (exact) mass is 480 g/mol. The molecule has 1 heterocycles. The van der Waals surface area contributed by atoms with E-state index in [2.05, 4.69) is 5.32 Å². The van der Waals surface area contributed by atoms with Gasteiger partial charge in [-0.25, -0.2) is 9.18 Å². The molecule has 0 bridgehead atoms. The third-order valence-electron chi connectivity index (χ3n) is 5.11.